The second-order valence-corrected chi connectivity index (χ2v) is 31.6. The highest BCUT2D eigenvalue weighted by molar-refractivity contribution is 9.18. The summed E-state index contributed by atoms with van der Waals surface area (Å²) < 4.78 is 6.48. The van der Waals surface area contributed by atoms with Gasteiger partial charge in [0.25, 0.3) is 0 Å². The number of rotatable bonds is 4. The van der Waals surface area contributed by atoms with E-state index in [-0.39, 0.29) is 0 Å². The highest BCUT2D eigenvalue weighted by atomic mass is 79.9. The first-order valence-electron chi connectivity index (χ1n) is 31.3. The van der Waals surface area contributed by atoms with Crippen LogP contribution in [0, 0.1) is 0 Å². The van der Waals surface area contributed by atoms with Crippen molar-refractivity contribution < 1.29 is 0 Å². The summed E-state index contributed by atoms with van der Waals surface area (Å²) in [7, 11) is 0. The first-order chi connectivity index (χ1) is 46.9. The van der Waals surface area contributed by atoms with Crippen molar-refractivity contribution in [2.24, 2.45) is 0 Å². The van der Waals surface area contributed by atoms with Gasteiger partial charge in [-0.25, -0.2) is 9.97 Å². The Morgan fingerprint density at radius 3 is 0.583 bits per heavy atom. The Labute approximate surface area is 613 Å². The summed E-state index contributed by atoms with van der Waals surface area (Å²) in [5.74, 6) is 0. The molecule has 0 atom stereocenters. The van der Waals surface area contributed by atoms with Crippen LogP contribution in [0.1, 0.15) is 22.8 Å². The van der Waals surface area contributed by atoms with Crippen LogP contribution in [0.25, 0.3) is 214 Å². The number of aromatic amines is 2. The zero-order valence-corrected chi connectivity index (χ0v) is 62.4. The number of hydrogen-bond donors (Lipinski definition) is 2. The second-order valence-electron chi connectivity index (χ2n) is 25.3. The SMILES string of the molecule is BrC1=C(Br)c2nc1c(-c1ccc3ccc4cccc5ccc1c3c45)c1[nH]c(c(Br)c1Br)c(-c1ccc3ccc4cccc5ccc1c3c45)c1nc(c(-c3ccc4ccc5cccc6ccc3c4c56)c3[nH]c(c(Br)c3Br)c2-c2ccc3ccc4cccc5ccc2c3c45)C(Br)=C1Br. The third-order valence-corrected chi connectivity index (χ3v) is 29.0. The maximum atomic E-state index is 6.13. The number of nitrogens with zero attached hydrogens (tertiary/aromatic N) is 2. The Balaban J connectivity index is 1.01. The van der Waals surface area contributed by atoms with E-state index in [0.717, 1.165) is 168 Å². The van der Waals surface area contributed by atoms with Gasteiger partial charge in [0.1, 0.15) is 0 Å². The van der Waals surface area contributed by atoms with Crippen molar-refractivity contribution in [3.63, 3.8) is 0 Å². The van der Waals surface area contributed by atoms with Gasteiger partial charge >= 0.3 is 0 Å². The minimum Gasteiger partial charge on any atom is -0.352 e. The highest BCUT2D eigenvalue weighted by Crippen LogP contribution is 2.57. The van der Waals surface area contributed by atoms with Gasteiger partial charge in [-0.2, -0.15) is 0 Å². The summed E-state index contributed by atoms with van der Waals surface area (Å²) >= 11 is 34.9. The Morgan fingerprint density at radius 1 is 0.198 bits per heavy atom. The van der Waals surface area contributed by atoms with E-state index < -0.39 is 0 Å². The Morgan fingerprint density at radius 2 is 0.375 bits per heavy atom. The molecule has 2 aliphatic heterocycles. The quantitative estimate of drug-likeness (QED) is 0.173. The monoisotopic (exact) mass is 1730 g/mol. The van der Waals surface area contributed by atoms with Crippen LogP contribution in [0.4, 0.5) is 0 Å². The maximum absolute atomic E-state index is 6.13. The van der Waals surface area contributed by atoms with Gasteiger partial charge in [0.2, 0.25) is 0 Å². The number of halogens is 8. The van der Waals surface area contributed by atoms with E-state index in [1.807, 2.05) is 0 Å². The van der Waals surface area contributed by atoms with Crippen LogP contribution in [0.3, 0.4) is 0 Å². The van der Waals surface area contributed by atoms with Gasteiger partial charge < -0.3 is 9.97 Å². The predicted octanol–water partition coefficient (Wildman–Crippen LogP) is 28.9. The third-order valence-electron chi connectivity index (χ3n) is 20.6. The highest BCUT2D eigenvalue weighted by Gasteiger charge is 2.34. The lowest BCUT2D eigenvalue weighted by molar-refractivity contribution is 1.31. The Kier molecular flexibility index (Phi) is 12.4. The minimum absolute atomic E-state index is 0.736. The van der Waals surface area contributed by atoms with Crippen LogP contribution in [0.15, 0.2) is 236 Å². The number of nitrogens with one attached hydrogen (secondary N) is 2. The minimum atomic E-state index is 0.736. The molecule has 4 nitrogen and oxygen atoms in total. The molecule has 0 amide bonds. The van der Waals surface area contributed by atoms with Gasteiger partial charge in [0.15, 0.2) is 0 Å². The number of benzene rings is 16. The van der Waals surface area contributed by atoms with E-state index >= 15 is 0 Å². The van der Waals surface area contributed by atoms with Crippen molar-refractivity contribution in [1.82, 2.24) is 19.9 Å². The summed E-state index contributed by atoms with van der Waals surface area (Å²) in [6.45, 7) is 0. The van der Waals surface area contributed by atoms with Gasteiger partial charge in [-0.1, -0.05) is 218 Å². The lowest BCUT2D eigenvalue weighted by atomic mass is 9.89. The zero-order valence-electron chi connectivity index (χ0n) is 49.7. The van der Waals surface area contributed by atoms with Crippen LogP contribution < -0.4 is 0 Å². The average molecular weight is 1740 g/mol. The fourth-order valence-corrected chi connectivity index (χ4v) is 20.3. The topological polar surface area (TPSA) is 57.4 Å². The molecular formula is C84H38Br8N4. The fourth-order valence-electron chi connectivity index (χ4n) is 16.4. The Bertz CT molecular complexity index is 6160. The van der Waals surface area contributed by atoms with E-state index in [1.165, 1.54) is 86.2 Å². The normalized spacial score (nSPS) is 13.3. The van der Waals surface area contributed by atoms with Gasteiger partial charge in [-0.15, -0.1) is 0 Å². The second kappa shape index (κ2) is 20.8. The van der Waals surface area contributed by atoms with Crippen LogP contribution in [-0.4, -0.2) is 19.9 Å². The van der Waals surface area contributed by atoms with Crippen LogP contribution in [0.5, 0.6) is 0 Å². The van der Waals surface area contributed by atoms with Gasteiger partial charge in [-0.3, -0.25) is 0 Å². The number of fused-ring (bicyclic) bond motifs is 8. The van der Waals surface area contributed by atoms with E-state index in [2.05, 4.69) is 356 Å². The number of H-pyrrole nitrogens is 2. The van der Waals surface area contributed by atoms with Crippen molar-refractivity contribution in [2.75, 3.05) is 0 Å². The standard InChI is InChI=1S/C84H38Br8N4/c85-69-71(87)79-66(54-34-26-46-18-14-38-6-2-10-42-22-30-50(54)62(46)58(38)42)81-73(89)75(91)83(95-81)68(56-36-28-48-20-16-40-8-4-12-44-24-32-52(56)64(48)60(40)44)84-76(92)74(90)82(96-84)67(55-35-27-47-19-15-39-7-3-11-43-23-31-51(55)63(47)59(39)43)80-72(88)70(86)78(94-80)65(77(69)93-79)53-33-25-45-17-13-37-5-1-9-41-21-29-49(53)61(45)57(37)41/h1-36,93,96H. The first-order valence-corrected chi connectivity index (χ1v) is 37.7. The third kappa shape index (κ3) is 7.73. The molecule has 3 aromatic heterocycles. The van der Waals surface area contributed by atoms with Crippen LogP contribution in [-0.2, 0) is 0 Å². The Hall–Kier alpha value is -7.88. The fraction of sp³-hybridized carbons (Fsp3) is 0. The molecule has 2 N–H and O–H groups in total. The van der Waals surface area contributed by atoms with E-state index in [9.17, 15) is 0 Å². The smallest absolute Gasteiger partial charge is 0.0891 e. The van der Waals surface area contributed by atoms with Crippen molar-refractivity contribution >= 4 is 297 Å². The molecule has 0 spiro atoms. The van der Waals surface area contributed by atoms with Crippen molar-refractivity contribution in [1.29, 1.82) is 0 Å². The molecule has 8 bridgehead atoms. The van der Waals surface area contributed by atoms with Crippen molar-refractivity contribution in [3.8, 4) is 44.5 Å². The summed E-state index contributed by atoms with van der Waals surface area (Å²) in [5.41, 5.74) is 13.8. The first kappa shape index (κ1) is 57.2. The predicted molar refractivity (Wildman–Crippen MR) is 438 cm³/mol. The molecule has 0 fully saturated rings. The molecule has 450 valence electrons. The van der Waals surface area contributed by atoms with Crippen molar-refractivity contribution in [3.05, 3.63) is 259 Å². The molecule has 16 aromatic carbocycles. The molecule has 0 saturated carbocycles. The zero-order chi connectivity index (χ0) is 64.0. The number of hydrogen-bond acceptors (Lipinski definition) is 2. The summed E-state index contributed by atoms with van der Waals surface area (Å²) in [6, 6.07) is 80.8. The molecule has 0 unspecified atom stereocenters. The molecule has 2 aliphatic rings. The molecule has 96 heavy (non-hydrogen) atoms. The molecule has 5 heterocycles. The molecule has 19 aromatic rings. The molecule has 0 radical (unpaired) electrons. The molecule has 12 heteroatoms. The molecule has 0 aliphatic carbocycles. The summed E-state index contributed by atoms with van der Waals surface area (Å²) in [4.78, 5) is 20.7. The van der Waals surface area contributed by atoms with E-state index in [1.54, 1.807) is 0 Å². The van der Waals surface area contributed by atoms with Gasteiger partial charge in [0.05, 0.1) is 80.7 Å². The van der Waals surface area contributed by atoms with E-state index in [0.29, 0.717) is 0 Å². The molecule has 0 saturated heterocycles. The van der Waals surface area contributed by atoms with Gasteiger partial charge in [-0.05, 0) is 279 Å². The van der Waals surface area contributed by atoms with E-state index in [4.69, 9.17) is 9.97 Å². The number of aromatic nitrogens is 4. The largest absolute Gasteiger partial charge is 0.352 e. The lowest BCUT2D eigenvalue weighted by Gasteiger charge is -2.16. The van der Waals surface area contributed by atoms with Gasteiger partial charge in [0, 0.05) is 22.3 Å². The van der Waals surface area contributed by atoms with Crippen LogP contribution >= 0.6 is 127 Å². The summed E-state index contributed by atoms with van der Waals surface area (Å²) in [5, 5.41) is 28.3. The molecule has 21 rings (SSSR count). The van der Waals surface area contributed by atoms with Crippen molar-refractivity contribution in [2.45, 2.75) is 0 Å². The average Bonchev–Trinajstić information content (AvgIpc) is 1.50. The maximum Gasteiger partial charge on any atom is 0.0891 e. The summed E-state index contributed by atoms with van der Waals surface area (Å²) in [6.07, 6.45) is 0. The van der Waals surface area contributed by atoms with Crippen LogP contribution in [0.2, 0.25) is 0 Å². The molecular weight excluding hydrogens is 1700 g/mol. The lowest BCUT2D eigenvalue weighted by Crippen LogP contribution is -1.94.